The molecule has 4 rings (SSSR count). The van der Waals surface area contributed by atoms with Crippen molar-refractivity contribution in [2.75, 3.05) is 26.1 Å². The Hall–Kier alpha value is -2.90. The lowest BCUT2D eigenvalue weighted by molar-refractivity contribution is -0.138. The molecule has 3 aromatic carbocycles. The minimum absolute atomic E-state index is 0.169. The third-order valence-electron chi connectivity index (χ3n) is 4.91. The molecule has 0 bridgehead atoms. The van der Waals surface area contributed by atoms with Crippen LogP contribution >= 0.6 is 11.8 Å². The highest BCUT2D eigenvalue weighted by atomic mass is 32.2. The summed E-state index contributed by atoms with van der Waals surface area (Å²) in [5.74, 6) is 1.66. The van der Waals surface area contributed by atoms with Crippen LogP contribution in [-0.2, 0) is 4.79 Å². The van der Waals surface area contributed by atoms with Gasteiger partial charge >= 0.3 is 5.97 Å². The Kier molecular flexibility index (Phi) is 6.30. The predicted molar refractivity (Wildman–Crippen MR) is 118 cm³/mol. The molecule has 6 nitrogen and oxygen atoms in total. The lowest BCUT2D eigenvalue weighted by Crippen LogP contribution is -2.33. The Morgan fingerprint density at radius 3 is 2.63 bits per heavy atom. The highest BCUT2D eigenvalue weighted by Crippen LogP contribution is 2.42. The number of methoxy groups -OCH3 is 1. The molecule has 1 aliphatic rings. The van der Waals surface area contributed by atoms with E-state index in [1.54, 1.807) is 18.9 Å². The van der Waals surface area contributed by atoms with E-state index in [2.05, 4.69) is 17.4 Å². The van der Waals surface area contributed by atoms with Crippen LogP contribution in [0.1, 0.15) is 10.9 Å². The van der Waals surface area contributed by atoms with Crippen molar-refractivity contribution in [3.8, 4) is 17.2 Å². The highest BCUT2D eigenvalue weighted by Gasteiger charge is 2.32. The number of ether oxygens (including phenoxy) is 3. The second-order valence-electron chi connectivity index (χ2n) is 6.86. The van der Waals surface area contributed by atoms with E-state index in [1.807, 2.05) is 48.5 Å². The molecule has 7 heteroatoms. The van der Waals surface area contributed by atoms with Gasteiger partial charge in [0.15, 0.2) is 11.5 Å². The van der Waals surface area contributed by atoms with Gasteiger partial charge in [0.25, 0.3) is 0 Å². The van der Waals surface area contributed by atoms with Crippen LogP contribution in [-0.4, -0.2) is 43.2 Å². The van der Waals surface area contributed by atoms with Crippen LogP contribution < -0.4 is 19.5 Å². The summed E-state index contributed by atoms with van der Waals surface area (Å²) in [5.41, 5.74) is 0.869. The van der Waals surface area contributed by atoms with Gasteiger partial charge in [-0.2, -0.15) is 0 Å². The Morgan fingerprint density at radius 1 is 1.07 bits per heavy atom. The first-order valence-corrected chi connectivity index (χ1v) is 10.7. The highest BCUT2D eigenvalue weighted by molar-refractivity contribution is 7.99. The number of nitrogens with one attached hydrogen (secondary N) is 1. The van der Waals surface area contributed by atoms with Gasteiger partial charge in [0.1, 0.15) is 25.0 Å². The Bertz CT molecular complexity index is 1040. The molecule has 30 heavy (non-hydrogen) atoms. The maximum absolute atomic E-state index is 11.3. The number of hydrogen-bond donors (Lipinski definition) is 2. The molecule has 2 unspecified atom stereocenters. The Balaban J connectivity index is 1.41. The summed E-state index contributed by atoms with van der Waals surface area (Å²) in [4.78, 5) is 11.3. The normalized spacial score (nSPS) is 18.3. The molecular weight excluding hydrogens is 402 g/mol. The van der Waals surface area contributed by atoms with Crippen molar-refractivity contribution in [2.45, 2.75) is 11.4 Å². The molecule has 1 heterocycles. The van der Waals surface area contributed by atoms with E-state index in [0.717, 1.165) is 16.7 Å². The largest absolute Gasteiger partial charge is 0.493 e. The minimum Gasteiger partial charge on any atom is -0.493 e. The number of para-hydroxylation sites is 1. The Morgan fingerprint density at radius 2 is 1.87 bits per heavy atom. The van der Waals surface area contributed by atoms with E-state index < -0.39 is 12.0 Å². The lowest BCUT2D eigenvalue weighted by atomic mass is 10.1. The first-order chi connectivity index (χ1) is 14.7. The van der Waals surface area contributed by atoms with Crippen molar-refractivity contribution in [3.63, 3.8) is 0 Å². The summed E-state index contributed by atoms with van der Waals surface area (Å²) in [6.07, 6.45) is 0. The average Bonchev–Trinajstić information content (AvgIpc) is 3.27. The summed E-state index contributed by atoms with van der Waals surface area (Å²) in [6, 6.07) is 19.2. The molecule has 3 aromatic rings. The predicted octanol–water partition coefficient (Wildman–Crippen LogP) is 4.09. The maximum atomic E-state index is 11.3. The molecule has 0 amide bonds. The summed E-state index contributed by atoms with van der Waals surface area (Å²) < 4.78 is 17.3. The first kappa shape index (κ1) is 20.4. The molecule has 0 spiro atoms. The lowest BCUT2D eigenvalue weighted by Gasteiger charge is -2.19. The van der Waals surface area contributed by atoms with Crippen molar-refractivity contribution in [1.82, 2.24) is 5.32 Å². The number of carboxylic acids is 1. The van der Waals surface area contributed by atoms with Crippen LogP contribution in [0.3, 0.4) is 0 Å². The van der Waals surface area contributed by atoms with Crippen LogP contribution in [0.5, 0.6) is 17.2 Å². The third-order valence-corrected chi connectivity index (χ3v) is 6.16. The molecule has 156 valence electrons. The quantitative estimate of drug-likeness (QED) is 0.526. The average molecular weight is 426 g/mol. The van der Waals surface area contributed by atoms with Crippen LogP contribution in [0.4, 0.5) is 0 Å². The van der Waals surface area contributed by atoms with Gasteiger partial charge in [-0.3, -0.25) is 10.1 Å². The zero-order valence-electron chi connectivity index (χ0n) is 16.5. The molecule has 2 N–H and O–H groups in total. The molecule has 0 saturated carbocycles. The number of carbonyl (C=O) groups is 1. The van der Waals surface area contributed by atoms with Crippen molar-refractivity contribution in [2.24, 2.45) is 0 Å². The number of aliphatic carboxylic acids is 1. The number of benzene rings is 3. The van der Waals surface area contributed by atoms with E-state index in [0.29, 0.717) is 30.5 Å². The number of hydrogen-bond acceptors (Lipinski definition) is 6. The van der Waals surface area contributed by atoms with Crippen LogP contribution in [0.25, 0.3) is 10.8 Å². The summed E-state index contributed by atoms with van der Waals surface area (Å²) in [7, 11) is 1.59. The molecule has 1 saturated heterocycles. The number of fused-ring (bicyclic) bond motifs is 1. The summed E-state index contributed by atoms with van der Waals surface area (Å²) in [5, 5.41) is 14.5. The van der Waals surface area contributed by atoms with Gasteiger partial charge in [-0.15, -0.1) is 11.8 Å². The smallest absolute Gasteiger partial charge is 0.321 e. The van der Waals surface area contributed by atoms with Crippen molar-refractivity contribution < 1.29 is 24.1 Å². The second-order valence-corrected chi connectivity index (χ2v) is 7.99. The first-order valence-electron chi connectivity index (χ1n) is 9.67. The fourth-order valence-electron chi connectivity index (χ4n) is 3.41. The standard InChI is InChI=1S/C23H23NO5S/c1-27-20-8-4-7-18(22-24-19(14-30-22)23(25)26)21(20)29-12-11-28-17-10-9-15-5-2-3-6-16(15)13-17/h2-10,13,19,22,24H,11-12,14H2,1H3,(H,25,26). The number of rotatable bonds is 8. The Labute approximate surface area is 179 Å². The van der Waals surface area contributed by atoms with Crippen LogP contribution in [0.2, 0.25) is 0 Å². The van der Waals surface area contributed by atoms with Gasteiger partial charge in [0, 0.05) is 11.3 Å². The van der Waals surface area contributed by atoms with Crippen molar-refractivity contribution >= 4 is 28.5 Å². The maximum Gasteiger partial charge on any atom is 0.321 e. The molecule has 1 aliphatic heterocycles. The van der Waals surface area contributed by atoms with Gasteiger partial charge in [-0.05, 0) is 29.0 Å². The number of thioether (sulfide) groups is 1. The zero-order valence-corrected chi connectivity index (χ0v) is 17.4. The van der Waals surface area contributed by atoms with Gasteiger partial charge < -0.3 is 19.3 Å². The van der Waals surface area contributed by atoms with Crippen molar-refractivity contribution in [1.29, 1.82) is 0 Å². The summed E-state index contributed by atoms with van der Waals surface area (Å²) >= 11 is 1.54. The minimum atomic E-state index is -0.848. The van der Waals surface area contributed by atoms with E-state index in [1.165, 1.54) is 5.39 Å². The SMILES string of the molecule is COc1cccc(C2NC(C(=O)O)CS2)c1OCCOc1ccc2ccccc2c1. The monoisotopic (exact) mass is 425 g/mol. The van der Waals surface area contributed by atoms with Gasteiger partial charge in [-0.1, -0.05) is 42.5 Å². The van der Waals surface area contributed by atoms with Gasteiger partial charge in [-0.25, -0.2) is 0 Å². The number of carboxylic acid groups (broad SMARTS) is 1. The van der Waals surface area contributed by atoms with Crippen LogP contribution in [0, 0.1) is 0 Å². The molecule has 0 aromatic heterocycles. The molecule has 0 aliphatic carbocycles. The fourth-order valence-corrected chi connectivity index (χ4v) is 4.66. The molecular formula is C23H23NO5S. The zero-order chi connectivity index (χ0) is 20.9. The molecule has 1 fully saturated rings. The molecule has 2 atom stereocenters. The van der Waals surface area contributed by atoms with Gasteiger partial charge in [0.05, 0.1) is 12.5 Å². The molecule has 0 radical (unpaired) electrons. The fraction of sp³-hybridized carbons (Fsp3) is 0.261. The second kappa shape index (κ2) is 9.28. The third kappa shape index (κ3) is 4.47. The van der Waals surface area contributed by atoms with E-state index in [-0.39, 0.29) is 5.37 Å². The van der Waals surface area contributed by atoms with Gasteiger partial charge in [0.2, 0.25) is 0 Å². The van der Waals surface area contributed by atoms with Crippen molar-refractivity contribution in [3.05, 3.63) is 66.2 Å². The topological polar surface area (TPSA) is 77.0 Å². The van der Waals surface area contributed by atoms with E-state index in [4.69, 9.17) is 14.2 Å². The van der Waals surface area contributed by atoms with E-state index >= 15 is 0 Å². The summed E-state index contributed by atoms with van der Waals surface area (Å²) in [6.45, 7) is 0.707. The van der Waals surface area contributed by atoms with E-state index in [9.17, 15) is 9.90 Å². The van der Waals surface area contributed by atoms with Crippen LogP contribution in [0.15, 0.2) is 60.7 Å².